The van der Waals surface area contributed by atoms with E-state index >= 15 is 0 Å². The summed E-state index contributed by atoms with van der Waals surface area (Å²) in [5.41, 5.74) is -1.75. The number of carbonyl (C=O) groups is 2. The van der Waals surface area contributed by atoms with Crippen LogP contribution in [0.5, 0.6) is 11.5 Å². The molecule has 0 aromatic heterocycles. The third-order valence-electron chi connectivity index (χ3n) is 5.21. The van der Waals surface area contributed by atoms with Gasteiger partial charge in [-0.3, -0.25) is 0 Å². The largest absolute Gasteiger partial charge is 0.507 e. The molecule has 0 fully saturated rings. The van der Waals surface area contributed by atoms with Gasteiger partial charge in [-0.1, -0.05) is 27.0 Å². The van der Waals surface area contributed by atoms with Crippen molar-refractivity contribution in [2.75, 3.05) is 27.2 Å². The number of rotatable bonds is 6. The first-order valence-corrected chi connectivity index (χ1v) is 10.8. The van der Waals surface area contributed by atoms with E-state index in [1.54, 1.807) is 55.6 Å². The van der Waals surface area contributed by atoms with E-state index in [-0.39, 0.29) is 34.0 Å². The van der Waals surface area contributed by atoms with Crippen LogP contribution in [-0.4, -0.2) is 65.0 Å². The fraction of sp³-hybridized carbons (Fsp3) is 0.600. The molecule has 0 saturated heterocycles. The minimum absolute atomic E-state index is 0.100. The molecular weight excluding hydrogens is 424 g/mol. The average Bonchev–Trinajstić information content (AvgIpc) is 2.62. The van der Waals surface area contributed by atoms with Crippen LogP contribution in [0.3, 0.4) is 0 Å². The zero-order chi connectivity index (χ0) is 26.1. The lowest BCUT2D eigenvalue weighted by molar-refractivity contribution is 0.00376. The predicted molar refractivity (Wildman–Crippen MR) is 130 cm³/mol. The van der Waals surface area contributed by atoms with Gasteiger partial charge in [0.1, 0.15) is 22.7 Å². The Kier molecular flexibility index (Phi) is 8.13. The van der Waals surface area contributed by atoms with Crippen LogP contribution in [-0.2, 0) is 15.1 Å². The molecule has 0 heterocycles. The van der Waals surface area contributed by atoms with E-state index in [0.717, 1.165) is 0 Å². The number of ether oxygens (including phenoxy) is 2. The number of hydrogen-bond donors (Lipinski definition) is 2. The van der Waals surface area contributed by atoms with E-state index < -0.39 is 28.8 Å². The van der Waals surface area contributed by atoms with Crippen molar-refractivity contribution in [3.8, 4) is 11.5 Å². The van der Waals surface area contributed by atoms with Gasteiger partial charge in [0.05, 0.1) is 0 Å². The summed E-state index contributed by atoms with van der Waals surface area (Å²) < 4.78 is 11.1. The minimum atomic E-state index is -1.29. The van der Waals surface area contributed by atoms with E-state index in [4.69, 9.17) is 9.47 Å². The van der Waals surface area contributed by atoms with Crippen LogP contribution in [0.15, 0.2) is 0 Å². The molecule has 0 spiro atoms. The lowest BCUT2D eigenvalue weighted by Gasteiger charge is -2.36. The minimum Gasteiger partial charge on any atom is -0.507 e. The zero-order valence-electron chi connectivity index (χ0n) is 21.8. The van der Waals surface area contributed by atoms with Crippen molar-refractivity contribution in [1.82, 2.24) is 9.80 Å². The zero-order valence-corrected chi connectivity index (χ0v) is 21.8. The molecule has 2 amide bonds. The van der Waals surface area contributed by atoms with Crippen LogP contribution >= 0.6 is 0 Å². The van der Waals surface area contributed by atoms with Crippen molar-refractivity contribution >= 4 is 25.3 Å². The summed E-state index contributed by atoms with van der Waals surface area (Å²) in [5.74, 6) is -0.272. The Labute approximate surface area is 197 Å². The molecule has 0 aliphatic rings. The van der Waals surface area contributed by atoms with Gasteiger partial charge in [-0.05, 0) is 41.5 Å². The van der Waals surface area contributed by atoms with E-state index in [0.29, 0.717) is 12.1 Å². The smallest absolute Gasteiger partial charge is 0.410 e. The maximum atomic E-state index is 12.9. The van der Waals surface area contributed by atoms with Gasteiger partial charge in [0.15, 0.2) is 0 Å². The standard InChI is InChI=1S/C25H40N2O6/c1-15-16(2)20(29)18(17(3)19(15)28)25(9,10)33-22(31)27(12)14-24(7,8)13-26(11)21(30)32-23(4,5)6/h28-29H,2-3,13-14H2,1,4-12H3. The normalized spacial score (nSPS) is 12.3. The average molecular weight is 465 g/mol. The fourth-order valence-electron chi connectivity index (χ4n) is 3.76. The van der Waals surface area contributed by atoms with Crippen molar-refractivity contribution in [3.63, 3.8) is 0 Å². The van der Waals surface area contributed by atoms with Crippen LogP contribution in [0, 0.1) is 12.3 Å². The maximum Gasteiger partial charge on any atom is 0.410 e. The van der Waals surface area contributed by atoms with Crippen molar-refractivity contribution in [2.45, 2.75) is 66.6 Å². The molecule has 0 bridgehead atoms. The molecule has 186 valence electrons. The number of aromatic hydroxyl groups is 2. The number of nitrogens with zero attached hydrogens (tertiary/aromatic N) is 2. The first kappa shape index (κ1) is 28.1. The second kappa shape index (κ2) is 9.53. The molecular formula is C25H40N2O6. The van der Waals surface area contributed by atoms with Gasteiger partial charge < -0.3 is 29.5 Å². The maximum absolute atomic E-state index is 12.9. The highest BCUT2D eigenvalue weighted by Gasteiger charge is 2.34. The quantitative estimate of drug-likeness (QED) is 0.626. The van der Waals surface area contributed by atoms with Crippen LogP contribution in [0.25, 0.3) is 13.2 Å². The highest BCUT2D eigenvalue weighted by Crippen LogP contribution is 2.30. The third kappa shape index (κ3) is 7.04. The van der Waals surface area contributed by atoms with E-state index in [2.05, 4.69) is 13.2 Å². The third-order valence-corrected chi connectivity index (χ3v) is 5.21. The Hall–Kier alpha value is -2.90. The Balaban J connectivity index is 2.99. The molecule has 1 aromatic carbocycles. The summed E-state index contributed by atoms with van der Waals surface area (Å²) >= 11 is 0. The Bertz CT molecular complexity index is 1010. The number of phenolic OH excluding ortho intramolecular Hbond substituents is 2. The van der Waals surface area contributed by atoms with Crippen molar-refractivity contribution in [1.29, 1.82) is 0 Å². The summed E-state index contributed by atoms with van der Waals surface area (Å²) in [6, 6.07) is 0. The predicted octanol–water partition coefficient (Wildman–Crippen LogP) is 3.42. The molecule has 2 N–H and O–H groups in total. The van der Waals surface area contributed by atoms with Gasteiger partial charge in [0.25, 0.3) is 0 Å². The van der Waals surface area contributed by atoms with Gasteiger partial charge in [-0.25, -0.2) is 9.59 Å². The molecule has 33 heavy (non-hydrogen) atoms. The number of hydrogen-bond acceptors (Lipinski definition) is 6. The molecule has 8 nitrogen and oxygen atoms in total. The molecule has 0 radical (unpaired) electrons. The first-order valence-electron chi connectivity index (χ1n) is 10.8. The SMILES string of the molecule is C=c1c(C)c(O)c(=C)c(C(C)(C)OC(=O)N(C)CC(C)(C)CN(C)C(=O)OC(C)(C)C)c1O. The lowest BCUT2D eigenvalue weighted by Crippen LogP contribution is -2.46. The van der Waals surface area contributed by atoms with Crippen molar-refractivity contribution in [2.24, 2.45) is 5.41 Å². The Morgan fingerprint density at radius 1 is 0.818 bits per heavy atom. The highest BCUT2D eigenvalue weighted by atomic mass is 16.6. The number of carbonyl (C=O) groups excluding carboxylic acids is 2. The molecule has 1 rings (SSSR count). The highest BCUT2D eigenvalue weighted by molar-refractivity contribution is 5.69. The van der Waals surface area contributed by atoms with E-state index in [1.165, 1.54) is 9.80 Å². The number of benzene rings is 1. The number of phenols is 2. The van der Waals surface area contributed by atoms with Crippen LogP contribution < -0.4 is 10.4 Å². The first-order chi connectivity index (χ1) is 14.7. The van der Waals surface area contributed by atoms with Gasteiger partial charge in [0.2, 0.25) is 0 Å². The molecule has 0 aliphatic carbocycles. The van der Waals surface area contributed by atoms with Gasteiger partial charge in [-0.15, -0.1) is 0 Å². The summed E-state index contributed by atoms with van der Waals surface area (Å²) in [6.45, 7) is 22.4. The summed E-state index contributed by atoms with van der Waals surface area (Å²) in [4.78, 5) is 28.1. The van der Waals surface area contributed by atoms with Crippen LogP contribution in [0.2, 0.25) is 0 Å². The Morgan fingerprint density at radius 2 is 1.24 bits per heavy atom. The molecule has 0 aliphatic heterocycles. The van der Waals surface area contributed by atoms with E-state index in [9.17, 15) is 19.8 Å². The lowest BCUT2D eigenvalue weighted by atomic mass is 9.91. The molecule has 1 aromatic rings. The second-order valence-corrected chi connectivity index (χ2v) is 10.9. The van der Waals surface area contributed by atoms with Gasteiger partial charge >= 0.3 is 12.2 Å². The number of amides is 2. The van der Waals surface area contributed by atoms with Crippen molar-refractivity contribution in [3.05, 3.63) is 21.6 Å². The molecule has 8 heteroatoms. The molecule has 0 unspecified atom stereocenters. The fourth-order valence-corrected chi connectivity index (χ4v) is 3.76. The van der Waals surface area contributed by atoms with Crippen molar-refractivity contribution < 1.29 is 29.3 Å². The van der Waals surface area contributed by atoms with Gasteiger partial charge in [-0.2, -0.15) is 0 Å². The summed E-state index contributed by atoms with van der Waals surface area (Å²) in [6.07, 6.45) is -1.07. The summed E-state index contributed by atoms with van der Waals surface area (Å²) in [7, 11) is 3.24. The monoisotopic (exact) mass is 464 g/mol. The Morgan fingerprint density at radius 3 is 1.67 bits per heavy atom. The summed E-state index contributed by atoms with van der Waals surface area (Å²) in [5, 5.41) is 21.4. The topological polar surface area (TPSA) is 99.5 Å². The van der Waals surface area contributed by atoms with Crippen LogP contribution in [0.4, 0.5) is 9.59 Å². The second-order valence-electron chi connectivity index (χ2n) is 10.9. The van der Waals surface area contributed by atoms with E-state index in [1.807, 2.05) is 13.8 Å². The molecule has 0 saturated carbocycles. The van der Waals surface area contributed by atoms with Gasteiger partial charge in [0, 0.05) is 54.2 Å². The molecule has 0 atom stereocenters. The van der Waals surface area contributed by atoms with Crippen LogP contribution in [0.1, 0.15) is 59.6 Å².